The highest BCUT2D eigenvalue weighted by Crippen LogP contribution is 2.27. The summed E-state index contributed by atoms with van der Waals surface area (Å²) in [5, 5.41) is 0. The lowest BCUT2D eigenvalue weighted by Crippen LogP contribution is -2.05. The van der Waals surface area contributed by atoms with Crippen LogP contribution in [0, 0.1) is 5.92 Å². The Hall–Kier alpha value is -1.46. The molecule has 2 N–H and O–H groups in total. The molecule has 0 aliphatic carbocycles. The predicted octanol–water partition coefficient (Wildman–Crippen LogP) is 3.83. The number of aromatic nitrogens is 2. The molecule has 0 spiro atoms. The Bertz CT molecular complexity index is 612. The molecule has 5 heteroatoms. The number of methoxy groups -OCH3 is 1. The van der Waals surface area contributed by atoms with Crippen LogP contribution in [0.4, 0.5) is 5.82 Å². The Morgan fingerprint density at radius 1 is 1.19 bits per heavy atom. The van der Waals surface area contributed by atoms with E-state index < -0.39 is 0 Å². The SMILES string of the molecule is COCc1ccc(-c2nc(N)c(Br)c(CC(C)C)n2)cc1. The van der Waals surface area contributed by atoms with Gasteiger partial charge in [-0.25, -0.2) is 9.97 Å². The Balaban J connectivity index is 2.36. The van der Waals surface area contributed by atoms with Gasteiger partial charge in [-0.3, -0.25) is 0 Å². The Morgan fingerprint density at radius 3 is 2.43 bits per heavy atom. The van der Waals surface area contributed by atoms with Gasteiger partial charge < -0.3 is 10.5 Å². The highest BCUT2D eigenvalue weighted by atomic mass is 79.9. The zero-order valence-electron chi connectivity index (χ0n) is 12.6. The normalized spacial score (nSPS) is 11.1. The van der Waals surface area contributed by atoms with E-state index >= 15 is 0 Å². The molecule has 2 aromatic rings. The Morgan fingerprint density at radius 2 is 1.86 bits per heavy atom. The molecule has 112 valence electrons. The quantitative estimate of drug-likeness (QED) is 0.890. The molecule has 0 atom stereocenters. The molecule has 0 amide bonds. The van der Waals surface area contributed by atoms with E-state index in [1.165, 1.54) is 0 Å². The van der Waals surface area contributed by atoms with E-state index in [0.29, 0.717) is 24.2 Å². The maximum atomic E-state index is 5.99. The average molecular weight is 350 g/mol. The van der Waals surface area contributed by atoms with E-state index in [4.69, 9.17) is 10.5 Å². The van der Waals surface area contributed by atoms with Crippen molar-refractivity contribution in [3.05, 3.63) is 40.0 Å². The molecule has 21 heavy (non-hydrogen) atoms. The summed E-state index contributed by atoms with van der Waals surface area (Å²) < 4.78 is 5.92. The second-order valence-corrected chi connectivity index (χ2v) is 6.21. The van der Waals surface area contributed by atoms with E-state index in [1.807, 2.05) is 24.3 Å². The summed E-state index contributed by atoms with van der Waals surface area (Å²) in [5.41, 5.74) is 9.02. The fourth-order valence-electron chi connectivity index (χ4n) is 2.08. The maximum absolute atomic E-state index is 5.99. The molecule has 4 nitrogen and oxygen atoms in total. The van der Waals surface area contributed by atoms with E-state index in [-0.39, 0.29) is 0 Å². The summed E-state index contributed by atoms with van der Waals surface area (Å²) in [7, 11) is 1.69. The van der Waals surface area contributed by atoms with E-state index in [0.717, 1.165) is 27.7 Å². The van der Waals surface area contributed by atoms with E-state index in [1.54, 1.807) is 7.11 Å². The van der Waals surface area contributed by atoms with E-state index in [9.17, 15) is 0 Å². The number of nitrogen functional groups attached to an aromatic ring is 1. The van der Waals surface area contributed by atoms with Gasteiger partial charge in [0.15, 0.2) is 5.82 Å². The maximum Gasteiger partial charge on any atom is 0.161 e. The molecule has 0 fully saturated rings. The highest BCUT2D eigenvalue weighted by molar-refractivity contribution is 9.10. The molecule has 0 saturated carbocycles. The van der Waals surface area contributed by atoms with Crippen LogP contribution >= 0.6 is 15.9 Å². The molecule has 0 aliphatic rings. The number of anilines is 1. The minimum Gasteiger partial charge on any atom is -0.383 e. The monoisotopic (exact) mass is 349 g/mol. The molecule has 0 aliphatic heterocycles. The minimum atomic E-state index is 0.483. The van der Waals surface area contributed by atoms with Gasteiger partial charge in [-0.2, -0.15) is 0 Å². The molecule has 0 saturated heterocycles. The summed E-state index contributed by atoms with van der Waals surface area (Å²) >= 11 is 3.48. The Kier molecular flexibility index (Phi) is 5.31. The molecule has 1 aromatic heterocycles. The average Bonchev–Trinajstić information content (AvgIpc) is 2.44. The lowest BCUT2D eigenvalue weighted by atomic mass is 10.1. The van der Waals surface area contributed by atoms with Crippen LogP contribution in [0.3, 0.4) is 0 Å². The third-order valence-corrected chi connectivity index (χ3v) is 3.93. The van der Waals surface area contributed by atoms with Gasteiger partial charge in [0, 0.05) is 12.7 Å². The van der Waals surface area contributed by atoms with Crippen LogP contribution in [0.25, 0.3) is 11.4 Å². The topological polar surface area (TPSA) is 61.0 Å². The van der Waals surface area contributed by atoms with Crippen molar-refractivity contribution in [2.24, 2.45) is 5.92 Å². The first-order chi connectivity index (χ1) is 10.0. The van der Waals surface area contributed by atoms with Crippen LogP contribution in [0.1, 0.15) is 25.1 Å². The predicted molar refractivity (Wildman–Crippen MR) is 88.8 cm³/mol. The van der Waals surface area contributed by atoms with Gasteiger partial charge in [0.2, 0.25) is 0 Å². The molecule has 1 heterocycles. The van der Waals surface area contributed by atoms with Crippen molar-refractivity contribution in [2.75, 3.05) is 12.8 Å². The van der Waals surface area contributed by atoms with Crippen molar-refractivity contribution >= 4 is 21.7 Å². The molecule has 0 radical (unpaired) electrons. The summed E-state index contributed by atoms with van der Waals surface area (Å²) in [6.45, 7) is 4.91. The van der Waals surface area contributed by atoms with Crippen molar-refractivity contribution in [2.45, 2.75) is 26.9 Å². The van der Waals surface area contributed by atoms with Crippen LogP contribution in [0.2, 0.25) is 0 Å². The van der Waals surface area contributed by atoms with Gasteiger partial charge in [-0.1, -0.05) is 38.1 Å². The molecule has 0 bridgehead atoms. The second-order valence-electron chi connectivity index (χ2n) is 5.42. The first-order valence-electron chi connectivity index (χ1n) is 6.91. The van der Waals surface area contributed by atoms with Gasteiger partial charge in [0.1, 0.15) is 5.82 Å². The van der Waals surface area contributed by atoms with Gasteiger partial charge in [0.25, 0.3) is 0 Å². The largest absolute Gasteiger partial charge is 0.383 e. The minimum absolute atomic E-state index is 0.483. The van der Waals surface area contributed by atoms with Gasteiger partial charge in [-0.15, -0.1) is 0 Å². The number of hydrogen-bond acceptors (Lipinski definition) is 4. The Labute approximate surface area is 133 Å². The molecular weight excluding hydrogens is 330 g/mol. The van der Waals surface area contributed by atoms with Crippen molar-refractivity contribution in [3.8, 4) is 11.4 Å². The summed E-state index contributed by atoms with van der Waals surface area (Å²) in [4.78, 5) is 9.03. The summed E-state index contributed by atoms with van der Waals surface area (Å²) in [6.07, 6.45) is 0.863. The van der Waals surface area contributed by atoms with Gasteiger partial charge in [0.05, 0.1) is 16.8 Å². The number of rotatable bonds is 5. The van der Waals surface area contributed by atoms with Crippen LogP contribution in [0.15, 0.2) is 28.7 Å². The summed E-state index contributed by atoms with van der Waals surface area (Å²) in [6, 6.07) is 8.03. The van der Waals surface area contributed by atoms with Crippen molar-refractivity contribution in [3.63, 3.8) is 0 Å². The zero-order chi connectivity index (χ0) is 15.4. The van der Waals surface area contributed by atoms with E-state index in [2.05, 4.69) is 39.7 Å². The van der Waals surface area contributed by atoms with Crippen molar-refractivity contribution in [1.82, 2.24) is 9.97 Å². The number of nitrogens with two attached hydrogens (primary N) is 1. The number of halogens is 1. The third-order valence-electron chi connectivity index (χ3n) is 3.07. The number of benzene rings is 1. The smallest absolute Gasteiger partial charge is 0.161 e. The summed E-state index contributed by atoms with van der Waals surface area (Å²) in [5.74, 6) is 1.65. The third kappa shape index (κ3) is 4.02. The first kappa shape index (κ1) is 15.9. The fraction of sp³-hybridized carbons (Fsp3) is 0.375. The van der Waals surface area contributed by atoms with Crippen LogP contribution in [-0.4, -0.2) is 17.1 Å². The number of nitrogens with zero attached hydrogens (tertiary/aromatic N) is 2. The molecule has 0 unspecified atom stereocenters. The van der Waals surface area contributed by atoms with Gasteiger partial charge in [-0.05, 0) is 33.8 Å². The number of ether oxygens (including phenoxy) is 1. The molecular formula is C16H20BrN3O. The van der Waals surface area contributed by atoms with Crippen LogP contribution in [-0.2, 0) is 17.8 Å². The number of hydrogen-bond donors (Lipinski definition) is 1. The fourth-order valence-corrected chi connectivity index (χ4v) is 2.42. The van der Waals surface area contributed by atoms with Crippen LogP contribution in [0.5, 0.6) is 0 Å². The van der Waals surface area contributed by atoms with Crippen molar-refractivity contribution < 1.29 is 4.74 Å². The second kappa shape index (κ2) is 7.00. The first-order valence-corrected chi connectivity index (χ1v) is 7.70. The standard InChI is InChI=1S/C16H20BrN3O/c1-10(2)8-13-14(17)15(18)20-16(19-13)12-6-4-11(5-7-12)9-21-3/h4-7,10H,8-9H2,1-3H3,(H2,18,19,20). The lowest BCUT2D eigenvalue weighted by Gasteiger charge is -2.11. The zero-order valence-corrected chi connectivity index (χ0v) is 14.1. The highest BCUT2D eigenvalue weighted by Gasteiger charge is 2.12. The van der Waals surface area contributed by atoms with Crippen molar-refractivity contribution in [1.29, 1.82) is 0 Å². The lowest BCUT2D eigenvalue weighted by molar-refractivity contribution is 0.185. The molecule has 2 rings (SSSR count). The van der Waals surface area contributed by atoms with Gasteiger partial charge >= 0.3 is 0 Å². The molecule has 1 aromatic carbocycles. The van der Waals surface area contributed by atoms with Crippen LogP contribution < -0.4 is 5.73 Å².